The van der Waals surface area contributed by atoms with Gasteiger partial charge in [0.15, 0.2) is 0 Å². The molecule has 1 aromatic carbocycles. The van der Waals surface area contributed by atoms with Crippen molar-refractivity contribution in [3.8, 4) is 0 Å². The predicted octanol–water partition coefficient (Wildman–Crippen LogP) is 3.29. The molecule has 94 valence electrons. The highest BCUT2D eigenvalue weighted by Crippen LogP contribution is 2.22. The fourth-order valence-electron chi connectivity index (χ4n) is 1.74. The third kappa shape index (κ3) is 2.54. The third-order valence-corrected chi connectivity index (χ3v) is 2.89. The lowest BCUT2D eigenvalue weighted by molar-refractivity contribution is 0.167. The van der Waals surface area contributed by atoms with Gasteiger partial charge in [0.25, 0.3) is 0 Å². The lowest BCUT2D eigenvalue weighted by Gasteiger charge is -2.07. The molecule has 0 aliphatic carbocycles. The first-order valence-corrected chi connectivity index (χ1v) is 5.71. The SMILES string of the molecule is Cc1cc2oc(=O)cc(COC(=O)Cl)c2cc1C. The summed E-state index contributed by atoms with van der Waals surface area (Å²) in [5, 5.41) is 0.746. The molecule has 0 spiro atoms. The van der Waals surface area contributed by atoms with Crippen molar-refractivity contribution in [1.82, 2.24) is 0 Å². The van der Waals surface area contributed by atoms with Crippen molar-refractivity contribution in [2.45, 2.75) is 20.5 Å². The topological polar surface area (TPSA) is 56.5 Å². The van der Waals surface area contributed by atoms with Crippen molar-refractivity contribution in [3.63, 3.8) is 0 Å². The molecule has 0 unspecified atom stereocenters. The zero-order chi connectivity index (χ0) is 13.3. The maximum atomic E-state index is 11.4. The Kier molecular flexibility index (Phi) is 3.39. The van der Waals surface area contributed by atoms with Gasteiger partial charge in [-0.2, -0.15) is 0 Å². The lowest BCUT2D eigenvalue weighted by atomic mass is 10.0. The first-order valence-electron chi connectivity index (χ1n) is 5.33. The molecule has 0 saturated heterocycles. The summed E-state index contributed by atoms with van der Waals surface area (Å²) in [7, 11) is 0. The van der Waals surface area contributed by atoms with Crippen LogP contribution in [0.1, 0.15) is 16.7 Å². The molecule has 0 atom stereocenters. The third-order valence-electron chi connectivity index (χ3n) is 2.79. The number of hydrogen-bond acceptors (Lipinski definition) is 4. The molecule has 2 aromatic rings. The van der Waals surface area contributed by atoms with E-state index in [1.54, 1.807) is 6.07 Å². The first-order chi connectivity index (χ1) is 8.47. The van der Waals surface area contributed by atoms with Crippen LogP contribution in [0.15, 0.2) is 27.4 Å². The van der Waals surface area contributed by atoms with Crippen molar-refractivity contribution in [2.24, 2.45) is 0 Å². The molecule has 0 aliphatic rings. The zero-order valence-corrected chi connectivity index (χ0v) is 10.7. The Bertz CT molecular complexity index is 672. The van der Waals surface area contributed by atoms with Crippen molar-refractivity contribution in [1.29, 1.82) is 0 Å². The van der Waals surface area contributed by atoms with Gasteiger partial charge in [-0.25, -0.2) is 9.59 Å². The molecule has 0 N–H and O–H groups in total. The van der Waals surface area contributed by atoms with Crippen LogP contribution in [0.5, 0.6) is 0 Å². The van der Waals surface area contributed by atoms with Crippen molar-refractivity contribution in [2.75, 3.05) is 0 Å². The summed E-state index contributed by atoms with van der Waals surface area (Å²) in [6.07, 6.45) is 0. The maximum absolute atomic E-state index is 11.4. The van der Waals surface area contributed by atoms with E-state index in [2.05, 4.69) is 0 Å². The summed E-state index contributed by atoms with van der Waals surface area (Å²) >= 11 is 5.11. The molecule has 0 aliphatic heterocycles. The van der Waals surface area contributed by atoms with Gasteiger partial charge in [0.2, 0.25) is 0 Å². The molecule has 1 heterocycles. The van der Waals surface area contributed by atoms with E-state index in [0.717, 1.165) is 16.5 Å². The van der Waals surface area contributed by atoms with Crippen LogP contribution in [0.3, 0.4) is 0 Å². The number of benzene rings is 1. The minimum absolute atomic E-state index is 0.0487. The summed E-state index contributed by atoms with van der Waals surface area (Å²) in [5.74, 6) is 0. The summed E-state index contributed by atoms with van der Waals surface area (Å²) in [4.78, 5) is 22.0. The largest absolute Gasteiger partial charge is 0.449 e. The number of hydrogen-bond donors (Lipinski definition) is 0. The number of fused-ring (bicyclic) bond motifs is 1. The van der Waals surface area contributed by atoms with Crippen LogP contribution >= 0.6 is 11.6 Å². The van der Waals surface area contributed by atoms with Crippen LogP contribution in [0.2, 0.25) is 0 Å². The predicted molar refractivity (Wildman–Crippen MR) is 68.0 cm³/mol. The second kappa shape index (κ2) is 4.82. The highest BCUT2D eigenvalue weighted by atomic mass is 35.5. The monoisotopic (exact) mass is 266 g/mol. The molecule has 0 amide bonds. The fourth-order valence-corrected chi connectivity index (χ4v) is 1.79. The smallest absolute Gasteiger partial charge is 0.404 e. The zero-order valence-electron chi connectivity index (χ0n) is 9.95. The van der Waals surface area contributed by atoms with Gasteiger partial charge in [0, 0.05) is 28.6 Å². The Morgan fingerprint density at radius 2 is 1.94 bits per heavy atom. The Labute approximate surface area is 108 Å². The number of aryl methyl sites for hydroxylation is 2. The number of halogens is 1. The summed E-state index contributed by atoms with van der Waals surface area (Å²) < 4.78 is 9.82. The Morgan fingerprint density at radius 1 is 1.28 bits per heavy atom. The summed E-state index contributed by atoms with van der Waals surface area (Å²) in [6.45, 7) is 3.84. The second-order valence-electron chi connectivity index (χ2n) is 4.05. The van der Waals surface area contributed by atoms with Gasteiger partial charge in [-0.3, -0.25) is 0 Å². The van der Waals surface area contributed by atoms with E-state index in [4.69, 9.17) is 20.8 Å². The van der Waals surface area contributed by atoms with E-state index in [9.17, 15) is 9.59 Å². The van der Waals surface area contributed by atoms with E-state index < -0.39 is 11.1 Å². The Balaban J connectivity index is 2.60. The second-order valence-corrected chi connectivity index (χ2v) is 4.36. The lowest BCUT2D eigenvalue weighted by Crippen LogP contribution is -2.04. The van der Waals surface area contributed by atoms with Gasteiger partial charge in [0.05, 0.1) is 0 Å². The molecule has 0 fully saturated rings. The average molecular weight is 267 g/mol. The standard InChI is InChI=1S/C13H11ClO4/c1-7-3-10-9(6-17-13(14)16)5-12(15)18-11(10)4-8(7)2/h3-5H,6H2,1-2H3. The van der Waals surface area contributed by atoms with Crippen LogP contribution in [-0.2, 0) is 11.3 Å². The number of carbonyl (C=O) groups excluding carboxylic acids is 1. The summed E-state index contributed by atoms with van der Waals surface area (Å²) in [5.41, 5.74) is 1.77. The minimum Gasteiger partial charge on any atom is -0.449 e. The molecule has 0 radical (unpaired) electrons. The summed E-state index contributed by atoms with van der Waals surface area (Å²) in [6, 6.07) is 4.99. The first kappa shape index (κ1) is 12.6. The number of ether oxygens (including phenoxy) is 1. The Morgan fingerprint density at radius 3 is 2.61 bits per heavy atom. The van der Waals surface area contributed by atoms with Gasteiger partial charge in [0.1, 0.15) is 12.2 Å². The van der Waals surface area contributed by atoms with E-state index in [1.807, 2.05) is 19.9 Å². The van der Waals surface area contributed by atoms with Crippen LogP contribution in [0.4, 0.5) is 4.79 Å². The molecule has 4 nitrogen and oxygen atoms in total. The molecule has 5 heteroatoms. The molecule has 18 heavy (non-hydrogen) atoms. The molecule has 0 saturated carbocycles. The van der Waals surface area contributed by atoms with Crippen molar-refractivity contribution < 1.29 is 13.9 Å². The Hall–Kier alpha value is -1.81. The van der Waals surface area contributed by atoms with E-state index in [1.165, 1.54) is 6.07 Å². The molecular formula is C13H11ClO4. The van der Waals surface area contributed by atoms with Crippen molar-refractivity contribution >= 4 is 28.0 Å². The average Bonchev–Trinajstić information content (AvgIpc) is 2.28. The fraction of sp³-hybridized carbons (Fsp3) is 0.231. The number of rotatable bonds is 2. The van der Waals surface area contributed by atoms with Gasteiger partial charge >= 0.3 is 11.1 Å². The molecule has 0 bridgehead atoms. The van der Waals surface area contributed by atoms with E-state index in [0.29, 0.717) is 11.1 Å². The van der Waals surface area contributed by atoms with Crippen LogP contribution < -0.4 is 5.63 Å². The van der Waals surface area contributed by atoms with Gasteiger partial charge in [-0.15, -0.1) is 0 Å². The molecule has 1 aromatic heterocycles. The normalized spacial score (nSPS) is 10.6. The quantitative estimate of drug-likeness (QED) is 0.618. The maximum Gasteiger partial charge on any atom is 0.404 e. The van der Waals surface area contributed by atoms with Crippen molar-refractivity contribution in [3.05, 3.63) is 45.3 Å². The highest BCUT2D eigenvalue weighted by Gasteiger charge is 2.09. The van der Waals surface area contributed by atoms with Gasteiger partial charge in [-0.1, -0.05) is 0 Å². The highest BCUT2D eigenvalue weighted by molar-refractivity contribution is 6.61. The van der Waals surface area contributed by atoms with Crippen LogP contribution in [0.25, 0.3) is 11.0 Å². The molecule has 2 rings (SSSR count). The minimum atomic E-state index is -0.903. The van der Waals surface area contributed by atoms with Gasteiger partial charge < -0.3 is 9.15 Å². The van der Waals surface area contributed by atoms with E-state index in [-0.39, 0.29) is 6.61 Å². The van der Waals surface area contributed by atoms with E-state index >= 15 is 0 Å². The van der Waals surface area contributed by atoms with Crippen LogP contribution in [0, 0.1) is 13.8 Å². The number of carbonyl (C=O) groups is 1. The van der Waals surface area contributed by atoms with Crippen LogP contribution in [-0.4, -0.2) is 5.43 Å². The van der Waals surface area contributed by atoms with Gasteiger partial charge in [-0.05, 0) is 37.1 Å². The molecular weight excluding hydrogens is 256 g/mol.